The number of rotatable bonds is 2. The molecule has 4 heteroatoms. The van der Waals surface area contributed by atoms with Crippen molar-refractivity contribution < 1.29 is 4.79 Å². The average molecular weight is 299 g/mol. The molecule has 2 heterocycles. The lowest BCUT2D eigenvalue weighted by Gasteiger charge is -2.32. The van der Waals surface area contributed by atoms with E-state index in [4.69, 9.17) is 0 Å². The van der Waals surface area contributed by atoms with Gasteiger partial charge in [-0.2, -0.15) is 0 Å². The Bertz CT molecular complexity index is 696. The number of hydrogen-bond donors (Lipinski definition) is 2. The summed E-state index contributed by atoms with van der Waals surface area (Å²) in [5.74, 6) is 0.180. The number of aromatic amines is 1. The molecule has 1 unspecified atom stereocenters. The zero-order valence-corrected chi connectivity index (χ0v) is 13.9. The number of carbonyl (C=O) groups excluding carboxylic acids is 1. The normalized spacial score (nSPS) is 16.6. The standard InChI is InChI=1S/C18H25N3O/c1-12(20-18(2,3)4)17(22)21-10-9-14-13-7-5-6-8-15(13)19-16(14)11-21/h5-8,12,19-20H,9-11H2,1-4H3. The van der Waals surface area contributed by atoms with Crippen molar-refractivity contribution in [3.05, 3.63) is 35.5 Å². The van der Waals surface area contributed by atoms with Crippen LogP contribution in [0, 0.1) is 0 Å². The monoisotopic (exact) mass is 299 g/mol. The number of nitrogens with zero attached hydrogens (tertiary/aromatic N) is 1. The second kappa shape index (κ2) is 5.43. The number of para-hydroxylation sites is 1. The average Bonchev–Trinajstić information content (AvgIpc) is 2.82. The van der Waals surface area contributed by atoms with Crippen molar-refractivity contribution in [2.24, 2.45) is 0 Å². The van der Waals surface area contributed by atoms with Gasteiger partial charge in [0.05, 0.1) is 12.6 Å². The Kier molecular flexibility index (Phi) is 3.73. The molecule has 22 heavy (non-hydrogen) atoms. The van der Waals surface area contributed by atoms with Crippen molar-refractivity contribution in [1.29, 1.82) is 0 Å². The molecule has 1 aromatic heterocycles. The molecule has 118 valence electrons. The van der Waals surface area contributed by atoms with Gasteiger partial charge >= 0.3 is 0 Å². The van der Waals surface area contributed by atoms with Crippen LogP contribution < -0.4 is 5.32 Å². The van der Waals surface area contributed by atoms with Gasteiger partial charge in [-0.05, 0) is 45.7 Å². The minimum atomic E-state index is -0.161. The maximum absolute atomic E-state index is 12.7. The topological polar surface area (TPSA) is 48.1 Å². The van der Waals surface area contributed by atoms with E-state index < -0.39 is 0 Å². The van der Waals surface area contributed by atoms with Gasteiger partial charge in [0.2, 0.25) is 5.91 Å². The Labute approximate surface area is 131 Å². The summed E-state index contributed by atoms with van der Waals surface area (Å²) in [5, 5.41) is 4.66. The van der Waals surface area contributed by atoms with E-state index in [1.54, 1.807) is 0 Å². The second-order valence-electron chi connectivity index (χ2n) is 7.25. The van der Waals surface area contributed by atoms with Gasteiger partial charge in [0.25, 0.3) is 0 Å². The first-order valence-electron chi connectivity index (χ1n) is 8.00. The lowest BCUT2D eigenvalue weighted by molar-refractivity contribution is -0.134. The Balaban J connectivity index is 1.78. The number of benzene rings is 1. The van der Waals surface area contributed by atoms with Gasteiger partial charge in [-0.15, -0.1) is 0 Å². The summed E-state index contributed by atoms with van der Waals surface area (Å²) in [6.45, 7) is 9.69. The van der Waals surface area contributed by atoms with Crippen molar-refractivity contribution >= 4 is 16.8 Å². The molecule has 2 N–H and O–H groups in total. The summed E-state index contributed by atoms with van der Waals surface area (Å²) in [6, 6.07) is 8.22. The number of carbonyl (C=O) groups is 1. The van der Waals surface area contributed by atoms with Gasteiger partial charge in [0.1, 0.15) is 0 Å². The number of aromatic nitrogens is 1. The predicted molar refractivity (Wildman–Crippen MR) is 89.8 cm³/mol. The highest BCUT2D eigenvalue weighted by atomic mass is 16.2. The minimum Gasteiger partial charge on any atom is -0.357 e. The summed E-state index contributed by atoms with van der Waals surface area (Å²) in [4.78, 5) is 18.1. The van der Waals surface area contributed by atoms with E-state index in [0.717, 1.165) is 13.0 Å². The predicted octanol–water partition coefficient (Wildman–Crippen LogP) is 2.83. The zero-order chi connectivity index (χ0) is 15.9. The Hall–Kier alpha value is -1.81. The van der Waals surface area contributed by atoms with Crippen molar-refractivity contribution in [1.82, 2.24) is 15.2 Å². The molecule has 0 fully saturated rings. The molecule has 0 spiro atoms. The molecule has 0 aliphatic carbocycles. The molecule has 1 aliphatic rings. The van der Waals surface area contributed by atoms with Crippen molar-refractivity contribution in [3.8, 4) is 0 Å². The smallest absolute Gasteiger partial charge is 0.239 e. The van der Waals surface area contributed by atoms with Crippen LogP contribution in [0.25, 0.3) is 10.9 Å². The molecule has 0 bridgehead atoms. The molecular formula is C18H25N3O. The maximum Gasteiger partial charge on any atom is 0.239 e. The lowest BCUT2D eigenvalue weighted by Crippen LogP contribution is -2.52. The SMILES string of the molecule is CC(NC(C)(C)C)C(=O)N1CCc2c([nH]c3ccccc23)C1. The van der Waals surface area contributed by atoms with E-state index >= 15 is 0 Å². The van der Waals surface area contributed by atoms with Crippen LogP contribution in [0.2, 0.25) is 0 Å². The Morgan fingerprint density at radius 3 is 2.77 bits per heavy atom. The largest absolute Gasteiger partial charge is 0.357 e. The number of fused-ring (bicyclic) bond motifs is 3. The first-order chi connectivity index (χ1) is 10.3. The van der Waals surface area contributed by atoms with Gasteiger partial charge in [0, 0.05) is 28.7 Å². The molecule has 1 aromatic carbocycles. The number of hydrogen-bond acceptors (Lipinski definition) is 2. The molecule has 4 nitrogen and oxygen atoms in total. The first kappa shape index (κ1) is 15.1. The molecule has 0 radical (unpaired) electrons. The van der Waals surface area contributed by atoms with Crippen LogP contribution in [-0.4, -0.2) is 33.9 Å². The molecule has 1 amide bonds. The van der Waals surface area contributed by atoms with E-state index in [9.17, 15) is 4.79 Å². The summed E-state index contributed by atoms with van der Waals surface area (Å²) < 4.78 is 0. The van der Waals surface area contributed by atoms with Gasteiger partial charge in [0.15, 0.2) is 0 Å². The van der Waals surface area contributed by atoms with Crippen molar-refractivity contribution in [2.45, 2.75) is 52.2 Å². The Morgan fingerprint density at radius 1 is 1.32 bits per heavy atom. The molecule has 0 saturated carbocycles. The lowest BCUT2D eigenvalue weighted by atomic mass is 10.0. The molecular weight excluding hydrogens is 274 g/mol. The molecule has 0 saturated heterocycles. The van der Waals surface area contributed by atoms with Gasteiger partial charge in [-0.25, -0.2) is 0 Å². The molecule has 1 aliphatic heterocycles. The van der Waals surface area contributed by atoms with Crippen LogP contribution in [0.5, 0.6) is 0 Å². The van der Waals surface area contributed by atoms with Gasteiger partial charge < -0.3 is 15.2 Å². The fourth-order valence-corrected chi connectivity index (χ4v) is 3.37. The van der Waals surface area contributed by atoms with Crippen LogP contribution >= 0.6 is 0 Å². The molecule has 2 aromatic rings. The summed E-state index contributed by atoms with van der Waals surface area (Å²) in [5.41, 5.74) is 3.67. The fraction of sp³-hybridized carbons (Fsp3) is 0.500. The van der Waals surface area contributed by atoms with Crippen molar-refractivity contribution in [3.63, 3.8) is 0 Å². The first-order valence-corrected chi connectivity index (χ1v) is 8.00. The van der Waals surface area contributed by atoms with Gasteiger partial charge in [-0.1, -0.05) is 18.2 Å². The van der Waals surface area contributed by atoms with Crippen molar-refractivity contribution in [2.75, 3.05) is 6.54 Å². The maximum atomic E-state index is 12.7. The zero-order valence-electron chi connectivity index (χ0n) is 13.9. The third-order valence-corrected chi connectivity index (χ3v) is 4.21. The van der Waals surface area contributed by atoms with Crippen LogP contribution in [0.4, 0.5) is 0 Å². The highest BCUT2D eigenvalue weighted by Gasteiger charge is 2.28. The minimum absolute atomic E-state index is 0.0584. The number of nitrogens with one attached hydrogen (secondary N) is 2. The van der Waals surface area contributed by atoms with E-state index in [0.29, 0.717) is 6.54 Å². The van der Waals surface area contributed by atoms with Gasteiger partial charge in [-0.3, -0.25) is 4.79 Å². The van der Waals surface area contributed by atoms with Crippen LogP contribution in [-0.2, 0) is 17.8 Å². The third kappa shape index (κ3) is 2.88. The van der Waals surface area contributed by atoms with Crippen LogP contribution in [0.15, 0.2) is 24.3 Å². The van der Waals surface area contributed by atoms with E-state index in [1.165, 1.54) is 22.2 Å². The summed E-state index contributed by atoms with van der Waals surface area (Å²) in [7, 11) is 0. The summed E-state index contributed by atoms with van der Waals surface area (Å²) >= 11 is 0. The summed E-state index contributed by atoms with van der Waals surface area (Å²) in [6.07, 6.45) is 0.924. The quantitative estimate of drug-likeness (QED) is 0.896. The van der Waals surface area contributed by atoms with Crippen LogP contribution in [0.1, 0.15) is 39.0 Å². The molecule has 1 atom stereocenters. The third-order valence-electron chi connectivity index (χ3n) is 4.21. The number of H-pyrrole nitrogens is 1. The van der Waals surface area contributed by atoms with E-state index in [-0.39, 0.29) is 17.5 Å². The molecule has 3 rings (SSSR count). The highest BCUT2D eigenvalue weighted by molar-refractivity contribution is 5.86. The van der Waals surface area contributed by atoms with Crippen LogP contribution in [0.3, 0.4) is 0 Å². The van der Waals surface area contributed by atoms with E-state index in [1.807, 2.05) is 17.9 Å². The number of amides is 1. The van der Waals surface area contributed by atoms with E-state index in [2.05, 4.69) is 49.3 Å². The fourth-order valence-electron chi connectivity index (χ4n) is 3.37. The Morgan fingerprint density at radius 2 is 2.05 bits per heavy atom. The highest BCUT2D eigenvalue weighted by Crippen LogP contribution is 2.27. The second-order valence-corrected chi connectivity index (χ2v) is 7.25.